The first-order valence-corrected chi connectivity index (χ1v) is 6.32. The van der Waals surface area contributed by atoms with Crippen molar-refractivity contribution in [2.24, 2.45) is 0 Å². The summed E-state index contributed by atoms with van der Waals surface area (Å²) in [5.74, 6) is 0.112. The fourth-order valence-corrected chi connectivity index (χ4v) is 1.85. The summed E-state index contributed by atoms with van der Waals surface area (Å²) in [6.07, 6.45) is 1.52. The second-order valence-electron chi connectivity index (χ2n) is 4.43. The highest BCUT2D eigenvalue weighted by atomic mass is 16.5. The lowest BCUT2D eigenvalue weighted by atomic mass is 10.0. The topological polar surface area (TPSA) is 60.4 Å². The Morgan fingerprint density at radius 1 is 0.905 bits per heavy atom. The summed E-state index contributed by atoms with van der Waals surface area (Å²) < 4.78 is 5.01. The first-order valence-electron chi connectivity index (χ1n) is 6.32. The van der Waals surface area contributed by atoms with Gasteiger partial charge in [-0.15, -0.1) is 0 Å². The summed E-state index contributed by atoms with van der Waals surface area (Å²) in [4.78, 5) is 34.5. The van der Waals surface area contributed by atoms with Crippen molar-refractivity contribution in [1.29, 1.82) is 0 Å². The normalized spacial score (nSPS) is 9.95. The van der Waals surface area contributed by atoms with E-state index < -0.39 is 0 Å². The third-order valence-electron chi connectivity index (χ3n) is 3.06. The molecule has 0 aliphatic rings. The summed E-state index contributed by atoms with van der Waals surface area (Å²) in [5, 5.41) is 0. The number of rotatable bonds is 6. The molecular weight excluding hydrogens is 268 g/mol. The summed E-state index contributed by atoms with van der Waals surface area (Å²) in [6.45, 7) is 0. The molecule has 0 heterocycles. The summed E-state index contributed by atoms with van der Waals surface area (Å²) in [6, 6.07) is 12.6. The molecule has 2 aromatic rings. The van der Waals surface area contributed by atoms with Gasteiger partial charge in [-0.2, -0.15) is 0 Å². The highest BCUT2D eigenvalue weighted by molar-refractivity contribution is 6.13. The Bertz CT molecular complexity index is 654. The molecule has 4 nitrogen and oxygen atoms in total. The molecule has 0 aliphatic carbocycles. The number of carbonyl (C=O) groups is 2. The van der Waals surface area contributed by atoms with Crippen LogP contribution in [0.4, 0.5) is 0 Å². The van der Waals surface area contributed by atoms with Crippen LogP contribution in [0.3, 0.4) is 0 Å². The number of hydrogen-bond acceptors (Lipinski definition) is 4. The van der Waals surface area contributed by atoms with Crippen LogP contribution in [0.2, 0.25) is 0 Å². The predicted molar refractivity (Wildman–Crippen MR) is 77.5 cm³/mol. The molecule has 0 aliphatic heterocycles. The molecule has 105 valence electrons. The van der Waals surface area contributed by atoms with Crippen LogP contribution < -0.4 is 4.74 Å². The van der Waals surface area contributed by atoms with E-state index in [4.69, 9.17) is 4.74 Å². The van der Waals surface area contributed by atoms with Crippen LogP contribution in [0.1, 0.15) is 32.7 Å². The van der Waals surface area contributed by atoms with Crippen molar-refractivity contribution >= 4 is 17.9 Å². The van der Waals surface area contributed by atoms with Gasteiger partial charge in [0.1, 0.15) is 5.75 Å². The van der Waals surface area contributed by atoms with E-state index in [2.05, 4.69) is 0 Å². The van der Waals surface area contributed by atoms with E-state index in [1.165, 1.54) is 24.3 Å². The number of benzene rings is 2. The second-order valence-corrected chi connectivity index (χ2v) is 4.43. The molecule has 0 amide bonds. The number of carbonyl (C=O) groups excluding carboxylic acids is 3. The van der Waals surface area contributed by atoms with Crippen molar-refractivity contribution < 1.29 is 19.1 Å². The Labute approximate surface area is 122 Å². The minimum atomic E-state index is -0.284. The van der Waals surface area contributed by atoms with Crippen LogP contribution in [-0.2, 0) is 4.79 Å². The molecule has 0 spiro atoms. The van der Waals surface area contributed by atoms with Gasteiger partial charge in [0, 0.05) is 16.7 Å². The van der Waals surface area contributed by atoms with E-state index in [9.17, 15) is 14.4 Å². The van der Waals surface area contributed by atoms with Gasteiger partial charge in [0.15, 0.2) is 11.6 Å². The zero-order chi connectivity index (χ0) is 15.2. The van der Waals surface area contributed by atoms with Gasteiger partial charge in [-0.1, -0.05) is 24.3 Å². The van der Waals surface area contributed by atoms with E-state index in [0.717, 1.165) is 0 Å². The summed E-state index contributed by atoms with van der Waals surface area (Å²) in [5.41, 5.74) is 1.23. The molecule has 1 radical (unpaired) electrons. The van der Waals surface area contributed by atoms with Crippen molar-refractivity contribution in [2.45, 2.75) is 6.42 Å². The van der Waals surface area contributed by atoms with Crippen molar-refractivity contribution in [1.82, 2.24) is 0 Å². The van der Waals surface area contributed by atoms with Gasteiger partial charge in [-0.25, -0.2) is 0 Å². The lowest BCUT2D eigenvalue weighted by molar-refractivity contribution is 0.0894. The quantitative estimate of drug-likeness (QED) is 0.603. The number of methoxy groups -OCH3 is 1. The largest absolute Gasteiger partial charge is 0.497 e. The minimum Gasteiger partial charge on any atom is -0.497 e. The lowest BCUT2D eigenvalue weighted by Gasteiger charge is -2.03. The van der Waals surface area contributed by atoms with Gasteiger partial charge >= 0.3 is 0 Å². The van der Waals surface area contributed by atoms with Crippen molar-refractivity contribution in [3.8, 4) is 5.75 Å². The zero-order valence-corrected chi connectivity index (χ0v) is 11.5. The fraction of sp³-hybridized carbons (Fsp3) is 0.118. The Hall–Kier alpha value is -2.75. The van der Waals surface area contributed by atoms with Gasteiger partial charge in [0.25, 0.3) is 0 Å². The molecule has 2 rings (SSSR count). The van der Waals surface area contributed by atoms with Crippen LogP contribution in [0.5, 0.6) is 5.75 Å². The average Bonchev–Trinajstić information content (AvgIpc) is 2.55. The van der Waals surface area contributed by atoms with Crippen LogP contribution in [0.15, 0.2) is 48.5 Å². The molecule has 0 fully saturated rings. The molecule has 0 saturated carbocycles. The smallest absolute Gasteiger partial charge is 0.233 e. The standard InChI is InChI=1S/C17H13O4/c1-21-15-8-6-14(7-9-15)17(20)10-16(19)13-4-2-12(11-18)3-5-13/h2-9H,10H2,1H3. The van der Waals surface area contributed by atoms with Gasteiger partial charge in [0.05, 0.1) is 13.5 Å². The SMILES string of the molecule is COc1ccc(C(=O)CC(=O)c2ccc([C]=O)cc2)cc1. The molecule has 0 bridgehead atoms. The molecule has 0 N–H and O–H groups in total. The van der Waals surface area contributed by atoms with Crippen molar-refractivity contribution in [2.75, 3.05) is 7.11 Å². The molecular formula is C17H13O4. The van der Waals surface area contributed by atoms with E-state index in [1.54, 1.807) is 37.7 Å². The summed E-state index contributed by atoms with van der Waals surface area (Å²) >= 11 is 0. The Morgan fingerprint density at radius 2 is 1.38 bits per heavy atom. The van der Waals surface area contributed by atoms with Gasteiger partial charge in [0.2, 0.25) is 6.29 Å². The molecule has 0 atom stereocenters. The minimum absolute atomic E-state index is 0.212. The Balaban J connectivity index is 2.06. The molecule has 0 aromatic heterocycles. The molecule has 4 heteroatoms. The van der Waals surface area contributed by atoms with Gasteiger partial charge < -0.3 is 4.74 Å². The monoisotopic (exact) mass is 281 g/mol. The number of hydrogen-bond donors (Lipinski definition) is 0. The van der Waals surface area contributed by atoms with E-state index in [-0.39, 0.29) is 18.0 Å². The Kier molecular flexibility index (Phi) is 4.61. The highest BCUT2D eigenvalue weighted by Gasteiger charge is 2.13. The fourth-order valence-electron chi connectivity index (χ4n) is 1.85. The van der Waals surface area contributed by atoms with Crippen LogP contribution >= 0.6 is 0 Å². The maximum Gasteiger partial charge on any atom is 0.233 e. The van der Waals surface area contributed by atoms with Crippen molar-refractivity contribution in [3.63, 3.8) is 0 Å². The molecule has 2 aromatic carbocycles. The zero-order valence-electron chi connectivity index (χ0n) is 11.5. The predicted octanol–water partition coefficient (Wildman–Crippen LogP) is 2.61. The van der Waals surface area contributed by atoms with Crippen LogP contribution in [-0.4, -0.2) is 25.0 Å². The van der Waals surface area contributed by atoms with Gasteiger partial charge in [-0.3, -0.25) is 14.4 Å². The third-order valence-corrected chi connectivity index (χ3v) is 3.06. The van der Waals surface area contributed by atoms with Crippen LogP contribution in [0.25, 0.3) is 0 Å². The highest BCUT2D eigenvalue weighted by Crippen LogP contribution is 2.14. The Morgan fingerprint density at radius 3 is 1.81 bits per heavy atom. The molecule has 21 heavy (non-hydrogen) atoms. The third kappa shape index (κ3) is 3.63. The molecule has 0 saturated heterocycles. The lowest BCUT2D eigenvalue weighted by Crippen LogP contribution is -2.08. The van der Waals surface area contributed by atoms with Crippen LogP contribution in [0, 0.1) is 0 Å². The van der Waals surface area contributed by atoms with Gasteiger partial charge in [-0.05, 0) is 24.3 Å². The average molecular weight is 281 g/mol. The first kappa shape index (κ1) is 14.7. The van der Waals surface area contributed by atoms with Crippen molar-refractivity contribution in [3.05, 3.63) is 65.2 Å². The number of ether oxygens (including phenoxy) is 1. The van der Waals surface area contributed by atoms with E-state index >= 15 is 0 Å². The first-order chi connectivity index (χ1) is 10.1. The van der Waals surface area contributed by atoms with E-state index in [0.29, 0.717) is 22.4 Å². The maximum absolute atomic E-state index is 12.0. The van der Waals surface area contributed by atoms with E-state index in [1.807, 2.05) is 0 Å². The maximum atomic E-state index is 12.0. The number of Topliss-reactive ketones (excluding diaryl/α,β-unsaturated/α-hetero) is 2. The molecule has 0 unspecified atom stereocenters. The summed E-state index contributed by atoms with van der Waals surface area (Å²) in [7, 11) is 1.54. The second kappa shape index (κ2) is 6.61. The number of ketones is 2.